The zero-order valence-electron chi connectivity index (χ0n) is 10.6. The van der Waals surface area contributed by atoms with Crippen molar-refractivity contribution in [3.05, 3.63) is 60.2 Å². The minimum atomic E-state index is -0.400. The summed E-state index contributed by atoms with van der Waals surface area (Å²) in [5.41, 5.74) is 0.308. The summed E-state index contributed by atoms with van der Waals surface area (Å²) in [7, 11) is 1.69. The lowest BCUT2D eigenvalue weighted by Crippen LogP contribution is -2.28. The van der Waals surface area contributed by atoms with Crippen LogP contribution in [0.15, 0.2) is 54.6 Å². The Balaban J connectivity index is 2.12. The molecule has 2 nitrogen and oxygen atoms in total. The molecule has 0 aliphatic heterocycles. The Labute approximate surface area is 108 Å². The van der Waals surface area contributed by atoms with E-state index in [0.29, 0.717) is 5.56 Å². The topological polar surface area (TPSA) is 26.3 Å². The van der Waals surface area contributed by atoms with E-state index in [1.54, 1.807) is 13.2 Å². The molecule has 0 radical (unpaired) electrons. The summed E-state index contributed by atoms with van der Waals surface area (Å²) < 4.78 is 5.54. The number of methoxy groups -OCH3 is 1. The zero-order valence-corrected chi connectivity index (χ0v) is 10.6. The molecular weight excluding hydrogens is 224 g/mol. The van der Waals surface area contributed by atoms with Crippen LogP contribution in [0.2, 0.25) is 0 Å². The van der Waals surface area contributed by atoms with Gasteiger partial charge in [0.2, 0.25) is 0 Å². The highest BCUT2D eigenvalue weighted by Crippen LogP contribution is 2.27. The van der Waals surface area contributed by atoms with Crippen LogP contribution in [0, 0.1) is 0 Å². The number of hydrogen-bond donors (Lipinski definition) is 0. The fourth-order valence-electron chi connectivity index (χ4n) is 2.15. The van der Waals surface area contributed by atoms with Gasteiger partial charge in [-0.25, -0.2) is 0 Å². The normalized spacial score (nSPS) is 23.4. The third kappa shape index (κ3) is 2.96. The summed E-state index contributed by atoms with van der Waals surface area (Å²) in [6.07, 6.45) is 10.8. The largest absolute Gasteiger partial charge is 0.370 e. The Morgan fingerprint density at radius 1 is 1.33 bits per heavy atom. The molecule has 2 rings (SSSR count). The van der Waals surface area contributed by atoms with E-state index >= 15 is 0 Å². The highest BCUT2D eigenvalue weighted by Gasteiger charge is 2.25. The van der Waals surface area contributed by atoms with E-state index in [0.717, 1.165) is 19.3 Å². The van der Waals surface area contributed by atoms with Crippen LogP contribution >= 0.6 is 0 Å². The molecular formula is C16H18O2. The maximum atomic E-state index is 12.0. The first-order valence-electron chi connectivity index (χ1n) is 6.27. The Kier molecular flexibility index (Phi) is 4.11. The molecule has 0 amide bonds. The molecule has 0 bridgehead atoms. The van der Waals surface area contributed by atoms with Crippen LogP contribution in [-0.2, 0) is 4.74 Å². The molecule has 1 aromatic rings. The van der Waals surface area contributed by atoms with Gasteiger partial charge in [-0.3, -0.25) is 4.79 Å². The van der Waals surface area contributed by atoms with Crippen LogP contribution in [0.25, 0.3) is 0 Å². The number of ketones is 1. The zero-order chi connectivity index (χ0) is 12.8. The van der Waals surface area contributed by atoms with E-state index in [1.807, 2.05) is 42.5 Å². The molecule has 0 saturated carbocycles. The molecule has 1 unspecified atom stereocenters. The predicted molar refractivity (Wildman–Crippen MR) is 72.6 cm³/mol. The first kappa shape index (κ1) is 12.8. The minimum absolute atomic E-state index is 0.0194. The molecule has 0 aromatic heterocycles. The number of carbonyl (C=O) groups is 1. The fraction of sp³-hybridized carbons (Fsp3) is 0.312. The van der Waals surface area contributed by atoms with E-state index in [1.165, 1.54) is 0 Å². The number of rotatable bonds is 4. The fourth-order valence-corrected chi connectivity index (χ4v) is 2.15. The number of carbonyl (C=O) groups excluding carboxylic acids is 1. The van der Waals surface area contributed by atoms with Gasteiger partial charge in [-0.2, -0.15) is 0 Å². The summed E-state index contributed by atoms with van der Waals surface area (Å²) in [6.45, 7) is 0. The molecule has 2 heteroatoms. The molecule has 1 atom stereocenters. The number of ether oxygens (including phenoxy) is 1. The highest BCUT2D eigenvalue weighted by atomic mass is 16.5. The van der Waals surface area contributed by atoms with Crippen LogP contribution in [0.5, 0.6) is 0 Å². The molecule has 1 aromatic carbocycles. The second-order valence-corrected chi connectivity index (χ2v) is 4.52. The molecule has 0 heterocycles. The van der Waals surface area contributed by atoms with E-state index in [2.05, 4.69) is 6.08 Å². The van der Waals surface area contributed by atoms with Gasteiger partial charge in [-0.1, -0.05) is 42.5 Å². The Hall–Kier alpha value is -1.67. The van der Waals surface area contributed by atoms with E-state index < -0.39 is 5.60 Å². The van der Waals surface area contributed by atoms with Crippen molar-refractivity contribution in [2.45, 2.75) is 24.9 Å². The molecule has 0 fully saturated rings. The van der Waals surface area contributed by atoms with Crippen molar-refractivity contribution in [1.82, 2.24) is 0 Å². The average molecular weight is 242 g/mol. The van der Waals surface area contributed by atoms with Crippen LogP contribution in [0.4, 0.5) is 0 Å². The van der Waals surface area contributed by atoms with Gasteiger partial charge in [-0.05, 0) is 31.4 Å². The summed E-state index contributed by atoms with van der Waals surface area (Å²) in [6, 6.07) is 9.29. The van der Waals surface area contributed by atoms with Gasteiger partial charge in [0, 0.05) is 12.7 Å². The van der Waals surface area contributed by atoms with Crippen molar-refractivity contribution in [2.24, 2.45) is 0 Å². The summed E-state index contributed by atoms with van der Waals surface area (Å²) in [5, 5.41) is 0. The monoisotopic (exact) mass is 242 g/mol. The standard InChI is InChI=1S/C16H18O2/c1-18-16(11-6-3-7-12-16)13-10-15(17)14-8-4-2-5-9-14/h2,4-6,8-11,13H,3,7,12H2,1H3. The lowest BCUT2D eigenvalue weighted by Gasteiger charge is -2.28. The minimum Gasteiger partial charge on any atom is -0.370 e. The van der Waals surface area contributed by atoms with Crippen molar-refractivity contribution in [2.75, 3.05) is 7.11 Å². The van der Waals surface area contributed by atoms with E-state index in [9.17, 15) is 4.79 Å². The SMILES string of the molecule is COC1(C=CC(=O)c2ccccc2)C=CCCC1. The van der Waals surface area contributed by atoms with Gasteiger partial charge in [-0.15, -0.1) is 0 Å². The van der Waals surface area contributed by atoms with Crippen LogP contribution in [0.1, 0.15) is 29.6 Å². The average Bonchev–Trinajstić information content (AvgIpc) is 2.47. The second kappa shape index (κ2) is 5.78. The van der Waals surface area contributed by atoms with Gasteiger partial charge in [0.1, 0.15) is 5.60 Å². The van der Waals surface area contributed by atoms with Gasteiger partial charge in [0.15, 0.2) is 5.78 Å². The van der Waals surface area contributed by atoms with Gasteiger partial charge < -0.3 is 4.74 Å². The van der Waals surface area contributed by atoms with Crippen LogP contribution in [-0.4, -0.2) is 18.5 Å². The maximum absolute atomic E-state index is 12.0. The van der Waals surface area contributed by atoms with Crippen molar-refractivity contribution in [3.63, 3.8) is 0 Å². The van der Waals surface area contributed by atoms with Crippen molar-refractivity contribution < 1.29 is 9.53 Å². The summed E-state index contributed by atoms with van der Waals surface area (Å²) >= 11 is 0. The first-order valence-corrected chi connectivity index (χ1v) is 6.27. The van der Waals surface area contributed by atoms with Crippen LogP contribution in [0.3, 0.4) is 0 Å². The van der Waals surface area contributed by atoms with Crippen LogP contribution < -0.4 is 0 Å². The molecule has 1 aliphatic rings. The second-order valence-electron chi connectivity index (χ2n) is 4.52. The van der Waals surface area contributed by atoms with Crippen molar-refractivity contribution in [1.29, 1.82) is 0 Å². The third-order valence-electron chi connectivity index (χ3n) is 3.29. The smallest absolute Gasteiger partial charge is 0.185 e. The Morgan fingerprint density at radius 3 is 2.72 bits per heavy atom. The molecule has 0 N–H and O–H groups in total. The molecule has 0 saturated heterocycles. The number of allylic oxidation sites excluding steroid dienone is 2. The van der Waals surface area contributed by atoms with Gasteiger partial charge in [0.25, 0.3) is 0 Å². The number of benzene rings is 1. The molecule has 1 aliphatic carbocycles. The molecule has 0 spiro atoms. The van der Waals surface area contributed by atoms with E-state index in [-0.39, 0.29) is 5.78 Å². The lowest BCUT2D eigenvalue weighted by atomic mass is 9.90. The predicted octanol–water partition coefficient (Wildman–Crippen LogP) is 3.55. The number of hydrogen-bond acceptors (Lipinski definition) is 2. The highest BCUT2D eigenvalue weighted by molar-refractivity contribution is 6.04. The van der Waals surface area contributed by atoms with E-state index in [4.69, 9.17) is 4.74 Å². The Morgan fingerprint density at radius 2 is 2.11 bits per heavy atom. The quantitative estimate of drug-likeness (QED) is 0.458. The summed E-state index contributed by atoms with van der Waals surface area (Å²) in [5.74, 6) is 0.0194. The maximum Gasteiger partial charge on any atom is 0.185 e. The van der Waals surface area contributed by atoms with Crippen molar-refractivity contribution >= 4 is 5.78 Å². The molecule has 94 valence electrons. The summed E-state index contributed by atoms with van der Waals surface area (Å²) in [4.78, 5) is 12.0. The van der Waals surface area contributed by atoms with Gasteiger partial charge in [0.05, 0.1) is 0 Å². The van der Waals surface area contributed by atoms with Gasteiger partial charge >= 0.3 is 0 Å². The van der Waals surface area contributed by atoms with Crippen molar-refractivity contribution in [3.8, 4) is 0 Å². The third-order valence-corrected chi connectivity index (χ3v) is 3.29. The first-order chi connectivity index (χ1) is 8.76. The molecule has 18 heavy (non-hydrogen) atoms. The lowest BCUT2D eigenvalue weighted by molar-refractivity contribution is 0.0608. The Bertz CT molecular complexity index is 459.